The molecule has 1 saturated heterocycles. The van der Waals surface area contributed by atoms with E-state index < -0.39 is 5.54 Å². The highest BCUT2D eigenvalue weighted by Crippen LogP contribution is 2.24. The Bertz CT molecular complexity index is 562. The van der Waals surface area contributed by atoms with Gasteiger partial charge in [-0.1, -0.05) is 32.0 Å². The van der Waals surface area contributed by atoms with Crippen molar-refractivity contribution in [2.24, 2.45) is 0 Å². The molecule has 1 aliphatic rings. The Hall–Kier alpha value is -1.84. The molecule has 0 spiro atoms. The standard InChI is InChI=1S/C17H24N2O2/c1-5-17(6-2)16(21)19(11-15(20)18-17)10-14-8-7-12(3)13(4)9-14/h7-9H,5-6,10-11H2,1-4H3,(H,18,20). The van der Waals surface area contributed by atoms with E-state index in [0.29, 0.717) is 19.4 Å². The maximum absolute atomic E-state index is 12.7. The predicted octanol–water partition coefficient (Wildman–Crippen LogP) is 2.32. The van der Waals surface area contributed by atoms with Crippen LogP contribution in [0, 0.1) is 13.8 Å². The Morgan fingerprint density at radius 2 is 1.81 bits per heavy atom. The van der Waals surface area contributed by atoms with Crippen LogP contribution in [0.25, 0.3) is 0 Å². The molecule has 1 fully saturated rings. The van der Waals surface area contributed by atoms with Crippen LogP contribution in [-0.4, -0.2) is 28.8 Å². The summed E-state index contributed by atoms with van der Waals surface area (Å²) in [6.45, 7) is 8.66. The zero-order valence-corrected chi connectivity index (χ0v) is 13.3. The van der Waals surface area contributed by atoms with Gasteiger partial charge in [0.05, 0.1) is 6.54 Å². The molecule has 0 saturated carbocycles. The van der Waals surface area contributed by atoms with Gasteiger partial charge in [0.25, 0.3) is 0 Å². The predicted molar refractivity (Wildman–Crippen MR) is 82.8 cm³/mol. The van der Waals surface area contributed by atoms with Gasteiger partial charge in [-0.15, -0.1) is 0 Å². The van der Waals surface area contributed by atoms with E-state index in [1.807, 2.05) is 19.9 Å². The van der Waals surface area contributed by atoms with Crippen LogP contribution in [-0.2, 0) is 16.1 Å². The second-order valence-corrected chi connectivity index (χ2v) is 5.92. The Balaban J connectivity index is 2.24. The Labute approximate surface area is 126 Å². The number of carbonyl (C=O) groups excluding carboxylic acids is 2. The number of benzene rings is 1. The summed E-state index contributed by atoms with van der Waals surface area (Å²) in [4.78, 5) is 26.4. The minimum Gasteiger partial charge on any atom is -0.340 e. The third kappa shape index (κ3) is 2.94. The molecule has 0 bridgehead atoms. The number of rotatable bonds is 4. The number of piperazine rings is 1. The highest BCUT2D eigenvalue weighted by atomic mass is 16.2. The summed E-state index contributed by atoms with van der Waals surface area (Å²) in [5, 5.41) is 2.89. The summed E-state index contributed by atoms with van der Waals surface area (Å²) in [5.41, 5.74) is 2.79. The first-order valence-electron chi connectivity index (χ1n) is 7.58. The van der Waals surface area contributed by atoms with Gasteiger partial charge >= 0.3 is 0 Å². The van der Waals surface area contributed by atoms with E-state index in [1.165, 1.54) is 11.1 Å². The molecule has 1 heterocycles. The molecule has 0 radical (unpaired) electrons. The van der Waals surface area contributed by atoms with Crippen molar-refractivity contribution >= 4 is 11.8 Å². The molecule has 2 rings (SSSR count). The second kappa shape index (κ2) is 5.88. The van der Waals surface area contributed by atoms with Crippen molar-refractivity contribution in [1.82, 2.24) is 10.2 Å². The van der Waals surface area contributed by atoms with Crippen LogP contribution in [0.2, 0.25) is 0 Å². The minimum atomic E-state index is -0.727. The van der Waals surface area contributed by atoms with Gasteiger partial charge in [-0.3, -0.25) is 9.59 Å². The van der Waals surface area contributed by atoms with Crippen LogP contribution >= 0.6 is 0 Å². The van der Waals surface area contributed by atoms with E-state index in [4.69, 9.17) is 0 Å². The smallest absolute Gasteiger partial charge is 0.249 e. The lowest BCUT2D eigenvalue weighted by Crippen LogP contribution is -2.65. The summed E-state index contributed by atoms with van der Waals surface area (Å²) in [5.74, 6) is -0.0348. The highest BCUT2D eigenvalue weighted by molar-refractivity contribution is 5.97. The molecular weight excluding hydrogens is 264 g/mol. The van der Waals surface area contributed by atoms with Gasteiger partial charge in [0.2, 0.25) is 11.8 Å². The van der Waals surface area contributed by atoms with E-state index in [-0.39, 0.29) is 18.4 Å². The van der Waals surface area contributed by atoms with E-state index in [0.717, 1.165) is 5.56 Å². The number of hydrogen-bond donors (Lipinski definition) is 1. The number of hydrogen-bond acceptors (Lipinski definition) is 2. The van der Waals surface area contributed by atoms with Crippen molar-refractivity contribution in [3.05, 3.63) is 34.9 Å². The molecule has 21 heavy (non-hydrogen) atoms. The van der Waals surface area contributed by atoms with E-state index in [1.54, 1.807) is 4.90 Å². The first kappa shape index (κ1) is 15.5. The molecule has 0 unspecified atom stereocenters. The highest BCUT2D eigenvalue weighted by Gasteiger charge is 2.43. The van der Waals surface area contributed by atoms with Crippen LogP contribution in [0.3, 0.4) is 0 Å². The minimum absolute atomic E-state index is 0.0327. The van der Waals surface area contributed by atoms with E-state index in [2.05, 4.69) is 31.3 Å². The fourth-order valence-electron chi connectivity index (χ4n) is 2.89. The molecule has 1 aliphatic heterocycles. The summed E-state index contributed by atoms with van der Waals surface area (Å²) in [6.07, 6.45) is 1.25. The third-order valence-corrected chi connectivity index (χ3v) is 4.56. The lowest BCUT2D eigenvalue weighted by atomic mass is 9.88. The molecule has 1 N–H and O–H groups in total. The molecule has 1 aromatic carbocycles. The van der Waals surface area contributed by atoms with Gasteiger partial charge in [0.1, 0.15) is 5.54 Å². The van der Waals surface area contributed by atoms with Gasteiger partial charge < -0.3 is 10.2 Å². The lowest BCUT2D eigenvalue weighted by Gasteiger charge is -2.41. The molecule has 0 atom stereocenters. The summed E-state index contributed by atoms with van der Waals surface area (Å²) >= 11 is 0. The van der Waals surface area contributed by atoms with Crippen LogP contribution in [0.1, 0.15) is 43.4 Å². The SMILES string of the molecule is CCC1(CC)NC(=O)CN(Cc2ccc(C)c(C)c2)C1=O. The molecule has 0 aromatic heterocycles. The Morgan fingerprint density at radius 1 is 1.14 bits per heavy atom. The molecule has 4 nitrogen and oxygen atoms in total. The van der Waals surface area contributed by atoms with Crippen LogP contribution < -0.4 is 5.32 Å². The Morgan fingerprint density at radius 3 is 2.38 bits per heavy atom. The maximum Gasteiger partial charge on any atom is 0.249 e. The van der Waals surface area contributed by atoms with Gasteiger partial charge in [0, 0.05) is 6.54 Å². The molecule has 1 aromatic rings. The summed E-state index contributed by atoms with van der Waals surface area (Å²) in [7, 11) is 0. The van der Waals surface area contributed by atoms with Crippen molar-refractivity contribution in [3.8, 4) is 0 Å². The van der Waals surface area contributed by atoms with Gasteiger partial charge in [-0.25, -0.2) is 0 Å². The second-order valence-electron chi connectivity index (χ2n) is 5.92. The number of nitrogens with zero attached hydrogens (tertiary/aromatic N) is 1. The van der Waals surface area contributed by atoms with Crippen molar-refractivity contribution in [3.63, 3.8) is 0 Å². The van der Waals surface area contributed by atoms with Gasteiger partial charge in [-0.05, 0) is 43.4 Å². The van der Waals surface area contributed by atoms with Crippen LogP contribution in [0.15, 0.2) is 18.2 Å². The normalized spacial score (nSPS) is 17.8. The third-order valence-electron chi connectivity index (χ3n) is 4.56. The summed E-state index contributed by atoms with van der Waals surface area (Å²) < 4.78 is 0. The summed E-state index contributed by atoms with van der Waals surface area (Å²) in [6, 6.07) is 6.18. The van der Waals surface area contributed by atoms with Crippen LogP contribution in [0.5, 0.6) is 0 Å². The average Bonchev–Trinajstić information content (AvgIpc) is 2.46. The Kier molecular flexibility index (Phi) is 4.35. The van der Waals surface area contributed by atoms with Gasteiger partial charge in [0.15, 0.2) is 0 Å². The quantitative estimate of drug-likeness (QED) is 0.924. The number of amides is 2. The van der Waals surface area contributed by atoms with E-state index in [9.17, 15) is 9.59 Å². The monoisotopic (exact) mass is 288 g/mol. The molecular formula is C17H24N2O2. The van der Waals surface area contributed by atoms with Gasteiger partial charge in [-0.2, -0.15) is 0 Å². The number of aryl methyl sites for hydroxylation is 2. The van der Waals surface area contributed by atoms with Crippen molar-refractivity contribution in [2.45, 2.75) is 52.6 Å². The van der Waals surface area contributed by atoms with Crippen molar-refractivity contribution in [2.75, 3.05) is 6.54 Å². The topological polar surface area (TPSA) is 49.4 Å². The molecule has 2 amide bonds. The fourth-order valence-corrected chi connectivity index (χ4v) is 2.89. The first-order chi connectivity index (χ1) is 9.91. The van der Waals surface area contributed by atoms with E-state index >= 15 is 0 Å². The lowest BCUT2D eigenvalue weighted by molar-refractivity contribution is -0.151. The molecule has 0 aliphatic carbocycles. The van der Waals surface area contributed by atoms with Crippen molar-refractivity contribution in [1.29, 1.82) is 0 Å². The average molecular weight is 288 g/mol. The number of carbonyl (C=O) groups is 2. The largest absolute Gasteiger partial charge is 0.340 e. The molecule has 4 heteroatoms. The first-order valence-corrected chi connectivity index (χ1v) is 7.58. The molecule has 114 valence electrons. The zero-order valence-electron chi connectivity index (χ0n) is 13.3. The van der Waals surface area contributed by atoms with Crippen molar-refractivity contribution < 1.29 is 9.59 Å². The number of nitrogens with one attached hydrogen (secondary N) is 1. The fraction of sp³-hybridized carbons (Fsp3) is 0.529. The maximum atomic E-state index is 12.7. The van der Waals surface area contributed by atoms with Crippen LogP contribution in [0.4, 0.5) is 0 Å². The zero-order chi connectivity index (χ0) is 15.6.